The number of anilines is 1. The second-order valence-corrected chi connectivity index (χ2v) is 7.20. The first-order valence-electron chi connectivity index (χ1n) is 10.3. The summed E-state index contributed by atoms with van der Waals surface area (Å²) in [5.74, 6) is -0.872. The third-order valence-corrected chi connectivity index (χ3v) is 5.03. The Morgan fingerprint density at radius 3 is 2.30 bits per heavy atom. The van der Waals surface area contributed by atoms with Gasteiger partial charge in [-0.3, -0.25) is 14.4 Å². The predicted molar refractivity (Wildman–Crippen MR) is 126 cm³/mol. The lowest BCUT2D eigenvalue weighted by molar-refractivity contribution is 0.0938. The number of hydrogen-bond donors (Lipinski definition) is 2. The van der Waals surface area contributed by atoms with Crippen LogP contribution in [0.3, 0.4) is 0 Å². The smallest absolute Gasteiger partial charge is 0.279 e. The molecule has 3 aromatic carbocycles. The summed E-state index contributed by atoms with van der Waals surface area (Å²) in [5, 5.41) is 10.7. The molecule has 33 heavy (non-hydrogen) atoms. The van der Waals surface area contributed by atoms with Gasteiger partial charge in [0.2, 0.25) is 0 Å². The van der Waals surface area contributed by atoms with Gasteiger partial charge in [-0.05, 0) is 30.3 Å². The van der Waals surface area contributed by atoms with Crippen molar-refractivity contribution in [1.82, 2.24) is 15.1 Å². The molecule has 166 valence electrons. The van der Waals surface area contributed by atoms with E-state index in [2.05, 4.69) is 15.7 Å². The lowest BCUT2D eigenvalue weighted by Gasteiger charge is -2.13. The first-order valence-corrected chi connectivity index (χ1v) is 10.3. The fraction of sp³-hybridized carbons (Fsp3) is 0.120. The van der Waals surface area contributed by atoms with Crippen LogP contribution in [-0.2, 0) is 4.74 Å². The Balaban J connectivity index is 1.74. The van der Waals surface area contributed by atoms with Crippen LogP contribution in [0, 0.1) is 0 Å². The zero-order valence-electron chi connectivity index (χ0n) is 17.9. The summed E-state index contributed by atoms with van der Waals surface area (Å²) < 4.78 is 6.17. The van der Waals surface area contributed by atoms with E-state index < -0.39 is 5.91 Å². The lowest BCUT2D eigenvalue weighted by atomic mass is 10.1. The van der Waals surface area contributed by atoms with Crippen LogP contribution in [0.5, 0.6) is 0 Å². The molecule has 0 aliphatic rings. The number of carbonyl (C=O) groups is 2. The van der Waals surface area contributed by atoms with Crippen molar-refractivity contribution < 1.29 is 14.3 Å². The van der Waals surface area contributed by atoms with Gasteiger partial charge in [-0.2, -0.15) is 9.78 Å². The highest BCUT2D eigenvalue weighted by molar-refractivity contribution is 6.13. The van der Waals surface area contributed by atoms with Crippen molar-refractivity contribution >= 4 is 28.3 Å². The Morgan fingerprint density at radius 2 is 1.55 bits per heavy atom. The van der Waals surface area contributed by atoms with Crippen LogP contribution < -0.4 is 16.2 Å². The van der Waals surface area contributed by atoms with Gasteiger partial charge in [0.25, 0.3) is 17.4 Å². The van der Waals surface area contributed by atoms with E-state index in [9.17, 15) is 14.4 Å². The van der Waals surface area contributed by atoms with Crippen molar-refractivity contribution in [3.8, 4) is 5.69 Å². The molecule has 1 aromatic heterocycles. The summed E-state index contributed by atoms with van der Waals surface area (Å²) in [5.41, 5.74) is 0.929. The van der Waals surface area contributed by atoms with E-state index in [1.807, 2.05) is 6.07 Å². The monoisotopic (exact) mass is 442 g/mol. The number of aromatic nitrogens is 2. The predicted octanol–water partition coefficient (Wildman–Crippen LogP) is 3.01. The molecular weight excluding hydrogens is 420 g/mol. The van der Waals surface area contributed by atoms with Crippen LogP contribution in [0.1, 0.15) is 20.8 Å². The summed E-state index contributed by atoms with van der Waals surface area (Å²) in [4.78, 5) is 38.9. The number of benzene rings is 3. The van der Waals surface area contributed by atoms with Crippen molar-refractivity contribution in [2.75, 3.05) is 25.6 Å². The second-order valence-electron chi connectivity index (χ2n) is 7.20. The van der Waals surface area contributed by atoms with E-state index in [-0.39, 0.29) is 17.2 Å². The number of nitrogens with one attached hydrogen (secondary N) is 2. The van der Waals surface area contributed by atoms with Gasteiger partial charge in [0.15, 0.2) is 5.69 Å². The Kier molecular flexibility index (Phi) is 6.56. The fourth-order valence-corrected chi connectivity index (χ4v) is 3.43. The van der Waals surface area contributed by atoms with E-state index in [1.165, 1.54) is 4.68 Å². The molecule has 8 heteroatoms. The van der Waals surface area contributed by atoms with Gasteiger partial charge in [-0.1, -0.05) is 48.5 Å². The number of ether oxygens (including phenoxy) is 1. The molecule has 2 N–H and O–H groups in total. The summed E-state index contributed by atoms with van der Waals surface area (Å²) in [6.07, 6.45) is 0. The van der Waals surface area contributed by atoms with Crippen LogP contribution in [-0.4, -0.2) is 41.9 Å². The lowest BCUT2D eigenvalue weighted by Crippen LogP contribution is -2.29. The maximum atomic E-state index is 13.3. The van der Waals surface area contributed by atoms with E-state index in [4.69, 9.17) is 4.74 Å². The minimum Gasteiger partial charge on any atom is -0.383 e. The van der Waals surface area contributed by atoms with Crippen molar-refractivity contribution in [3.05, 3.63) is 100 Å². The molecule has 1 heterocycles. The molecule has 0 aliphatic carbocycles. The molecule has 0 bridgehead atoms. The number of hydrogen-bond acceptors (Lipinski definition) is 5. The highest BCUT2D eigenvalue weighted by Gasteiger charge is 2.19. The van der Waals surface area contributed by atoms with Crippen molar-refractivity contribution in [1.29, 1.82) is 0 Å². The molecule has 4 rings (SSSR count). The van der Waals surface area contributed by atoms with E-state index in [0.717, 1.165) is 0 Å². The third-order valence-electron chi connectivity index (χ3n) is 5.03. The Morgan fingerprint density at radius 1 is 0.879 bits per heavy atom. The summed E-state index contributed by atoms with van der Waals surface area (Å²) in [7, 11) is 1.55. The Bertz CT molecular complexity index is 1370. The summed E-state index contributed by atoms with van der Waals surface area (Å²) in [6.45, 7) is 0.711. The topological polar surface area (TPSA) is 102 Å². The van der Waals surface area contributed by atoms with E-state index in [1.54, 1.807) is 79.9 Å². The minimum absolute atomic E-state index is 0.0728. The van der Waals surface area contributed by atoms with Gasteiger partial charge in [0, 0.05) is 19.0 Å². The zero-order valence-corrected chi connectivity index (χ0v) is 17.9. The molecular formula is C25H22N4O4. The molecule has 0 aliphatic heterocycles. The van der Waals surface area contributed by atoms with Crippen molar-refractivity contribution in [2.24, 2.45) is 0 Å². The number of carbonyl (C=O) groups excluding carboxylic acids is 2. The largest absolute Gasteiger partial charge is 0.383 e. The molecule has 0 atom stereocenters. The van der Waals surface area contributed by atoms with E-state index in [0.29, 0.717) is 40.9 Å². The highest BCUT2D eigenvalue weighted by atomic mass is 16.5. The van der Waals surface area contributed by atoms with Gasteiger partial charge >= 0.3 is 0 Å². The maximum Gasteiger partial charge on any atom is 0.279 e. The molecule has 0 radical (unpaired) electrons. The van der Waals surface area contributed by atoms with Crippen LogP contribution in [0.15, 0.2) is 83.7 Å². The number of para-hydroxylation sites is 2. The third kappa shape index (κ3) is 4.65. The SMILES string of the molecule is COCCNC(=O)c1ccccc1NC(=O)c1nn(-c2ccccc2)c(=O)c2ccccc12. The molecule has 2 amide bonds. The molecule has 4 aromatic rings. The van der Waals surface area contributed by atoms with Crippen LogP contribution in [0.4, 0.5) is 5.69 Å². The molecule has 8 nitrogen and oxygen atoms in total. The average Bonchev–Trinajstić information content (AvgIpc) is 2.85. The maximum absolute atomic E-state index is 13.3. The summed E-state index contributed by atoms with van der Waals surface area (Å²) >= 11 is 0. The fourth-order valence-electron chi connectivity index (χ4n) is 3.43. The van der Waals surface area contributed by atoms with Crippen LogP contribution >= 0.6 is 0 Å². The Labute approximate surface area is 189 Å². The van der Waals surface area contributed by atoms with Gasteiger partial charge < -0.3 is 15.4 Å². The normalized spacial score (nSPS) is 10.7. The minimum atomic E-state index is -0.534. The number of fused-ring (bicyclic) bond motifs is 1. The first-order chi connectivity index (χ1) is 16.1. The number of rotatable bonds is 7. The van der Waals surface area contributed by atoms with Gasteiger partial charge in [0.1, 0.15) is 0 Å². The highest BCUT2D eigenvalue weighted by Crippen LogP contribution is 2.19. The molecule has 0 unspecified atom stereocenters. The first kappa shape index (κ1) is 21.9. The average molecular weight is 442 g/mol. The number of nitrogens with zero attached hydrogens (tertiary/aromatic N) is 2. The van der Waals surface area contributed by atoms with Crippen molar-refractivity contribution in [3.63, 3.8) is 0 Å². The second kappa shape index (κ2) is 9.88. The van der Waals surface area contributed by atoms with Gasteiger partial charge in [-0.25, -0.2) is 0 Å². The number of amides is 2. The molecule has 0 spiro atoms. The standard InChI is InChI=1S/C25H22N4O4/c1-33-16-15-26-23(30)20-13-7-8-14-21(20)27-24(31)22-18-11-5-6-12-19(18)25(32)29(28-22)17-9-3-2-4-10-17/h2-14H,15-16H2,1H3,(H,26,30)(H,27,31). The van der Waals surface area contributed by atoms with Crippen molar-refractivity contribution in [2.45, 2.75) is 0 Å². The number of methoxy groups -OCH3 is 1. The van der Waals surface area contributed by atoms with Crippen LogP contribution in [0.25, 0.3) is 16.5 Å². The molecule has 0 fully saturated rings. The molecule has 0 saturated carbocycles. The van der Waals surface area contributed by atoms with E-state index >= 15 is 0 Å². The zero-order chi connectivity index (χ0) is 23.2. The summed E-state index contributed by atoms with van der Waals surface area (Å²) in [6, 6.07) is 22.4. The quantitative estimate of drug-likeness (QED) is 0.429. The van der Waals surface area contributed by atoms with Gasteiger partial charge in [-0.15, -0.1) is 0 Å². The molecule has 0 saturated heterocycles. The van der Waals surface area contributed by atoms with Gasteiger partial charge in [0.05, 0.1) is 28.9 Å². The Hall–Kier alpha value is -4.30. The van der Waals surface area contributed by atoms with Crippen LogP contribution in [0.2, 0.25) is 0 Å².